The molecule has 0 aliphatic carbocycles. The lowest BCUT2D eigenvalue weighted by Crippen LogP contribution is -2.24. The molecule has 2 aromatic rings. The van der Waals surface area contributed by atoms with Gasteiger partial charge in [0.05, 0.1) is 14.2 Å². The van der Waals surface area contributed by atoms with E-state index in [2.05, 4.69) is 10.3 Å². The Hall–Kier alpha value is -2.79. The molecule has 1 amide bonds. The van der Waals surface area contributed by atoms with Crippen LogP contribution in [0.4, 0.5) is 0 Å². The molecule has 3 rings (SSSR count). The number of ether oxygens (including phenoxy) is 2. The molecule has 0 unspecified atom stereocenters. The first-order valence-corrected chi connectivity index (χ1v) is 8.54. The first-order chi connectivity index (χ1) is 12.6. The zero-order valence-electron chi connectivity index (χ0n) is 14.6. The van der Waals surface area contributed by atoms with Gasteiger partial charge in [-0.1, -0.05) is 23.7 Å². The second kappa shape index (κ2) is 8.06. The largest absolute Gasteiger partial charge is 0.497 e. The summed E-state index contributed by atoms with van der Waals surface area (Å²) in [7, 11) is 3.21. The van der Waals surface area contributed by atoms with Crippen LogP contribution in [0, 0.1) is 0 Å². The van der Waals surface area contributed by atoms with Crippen LogP contribution in [0.15, 0.2) is 53.2 Å². The highest BCUT2D eigenvalue weighted by atomic mass is 35.5. The number of amides is 1. The molecule has 26 heavy (non-hydrogen) atoms. The van der Waals surface area contributed by atoms with E-state index in [9.17, 15) is 4.79 Å². The summed E-state index contributed by atoms with van der Waals surface area (Å²) >= 11 is 6.03. The van der Waals surface area contributed by atoms with Crippen LogP contribution >= 0.6 is 11.6 Å². The lowest BCUT2D eigenvalue weighted by atomic mass is 10.1. The lowest BCUT2D eigenvalue weighted by Gasteiger charge is -2.05. The number of aliphatic imine (C=N–C) groups is 1. The van der Waals surface area contributed by atoms with E-state index >= 15 is 0 Å². The van der Waals surface area contributed by atoms with Crippen LogP contribution in [0.25, 0.3) is 6.08 Å². The predicted octanol–water partition coefficient (Wildman–Crippen LogP) is 3.86. The number of nitrogens with one attached hydrogen (secondary N) is 1. The standard InChI is InChI=1S/C20H19ClN2O3/c1-25-16-7-3-13(4-8-16)5-10-19-22-17(20(24)23-19)12-14-11-15(21)6-9-18(14)26-2/h3-4,6-9,11-12H,5,10H2,1-2H3,(H,22,23,24)/b17-12+. The Bertz CT molecular complexity index is 873. The van der Waals surface area contributed by atoms with Gasteiger partial charge >= 0.3 is 0 Å². The van der Waals surface area contributed by atoms with Crippen molar-refractivity contribution in [2.24, 2.45) is 4.99 Å². The van der Waals surface area contributed by atoms with E-state index in [1.807, 2.05) is 24.3 Å². The minimum atomic E-state index is -0.225. The average Bonchev–Trinajstić information content (AvgIpc) is 3.00. The highest BCUT2D eigenvalue weighted by Gasteiger charge is 2.20. The Morgan fingerprint density at radius 2 is 1.85 bits per heavy atom. The zero-order chi connectivity index (χ0) is 18.5. The summed E-state index contributed by atoms with van der Waals surface area (Å²) < 4.78 is 10.5. The molecule has 1 N–H and O–H groups in total. The van der Waals surface area contributed by atoms with Crippen molar-refractivity contribution < 1.29 is 14.3 Å². The van der Waals surface area contributed by atoms with Gasteiger partial charge in [0.1, 0.15) is 23.0 Å². The fourth-order valence-corrected chi connectivity index (χ4v) is 2.84. The smallest absolute Gasteiger partial charge is 0.275 e. The summed E-state index contributed by atoms with van der Waals surface area (Å²) in [6.45, 7) is 0. The van der Waals surface area contributed by atoms with E-state index in [4.69, 9.17) is 21.1 Å². The van der Waals surface area contributed by atoms with Crippen LogP contribution in [-0.4, -0.2) is 26.0 Å². The number of benzene rings is 2. The van der Waals surface area contributed by atoms with E-state index in [1.165, 1.54) is 0 Å². The number of carbonyl (C=O) groups excluding carboxylic acids is 1. The van der Waals surface area contributed by atoms with Crippen LogP contribution in [-0.2, 0) is 11.2 Å². The maximum absolute atomic E-state index is 12.2. The zero-order valence-corrected chi connectivity index (χ0v) is 15.3. The minimum Gasteiger partial charge on any atom is -0.497 e. The van der Waals surface area contributed by atoms with Gasteiger partial charge in [0.25, 0.3) is 5.91 Å². The van der Waals surface area contributed by atoms with Gasteiger partial charge < -0.3 is 14.8 Å². The topological polar surface area (TPSA) is 59.9 Å². The summed E-state index contributed by atoms with van der Waals surface area (Å²) in [5.74, 6) is 1.88. The number of hydrogen-bond donors (Lipinski definition) is 1. The molecule has 5 nitrogen and oxygen atoms in total. The fourth-order valence-electron chi connectivity index (χ4n) is 2.66. The summed E-state index contributed by atoms with van der Waals surface area (Å²) in [6.07, 6.45) is 3.10. The fraction of sp³-hybridized carbons (Fsp3) is 0.200. The van der Waals surface area contributed by atoms with Crippen molar-refractivity contribution in [2.75, 3.05) is 14.2 Å². The number of methoxy groups -OCH3 is 2. The third kappa shape index (κ3) is 4.24. The first kappa shape index (κ1) is 18.0. The number of amidine groups is 1. The molecule has 0 radical (unpaired) electrons. The molecular formula is C20H19ClN2O3. The van der Waals surface area contributed by atoms with Crippen molar-refractivity contribution in [3.8, 4) is 11.5 Å². The second-order valence-corrected chi connectivity index (χ2v) is 6.21. The molecule has 0 atom stereocenters. The van der Waals surface area contributed by atoms with Gasteiger partial charge in [-0.3, -0.25) is 4.79 Å². The number of aryl methyl sites for hydroxylation is 1. The molecule has 1 aliphatic rings. The second-order valence-electron chi connectivity index (χ2n) is 5.78. The number of hydrogen-bond acceptors (Lipinski definition) is 4. The molecule has 0 spiro atoms. The number of rotatable bonds is 6. The van der Waals surface area contributed by atoms with Gasteiger partial charge in [0.2, 0.25) is 0 Å². The van der Waals surface area contributed by atoms with Crippen molar-refractivity contribution in [3.63, 3.8) is 0 Å². The van der Waals surface area contributed by atoms with Crippen LogP contribution in [0.3, 0.4) is 0 Å². The van der Waals surface area contributed by atoms with E-state index < -0.39 is 0 Å². The van der Waals surface area contributed by atoms with Crippen molar-refractivity contribution in [3.05, 3.63) is 64.3 Å². The van der Waals surface area contributed by atoms with Crippen molar-refractivity contribution >= 4 is 29.4 Å². The number of halogens is 1. The molecule has 1 heterocycles. The van der Waals surface area contributed by atoms with Gasteiger partial charge in [-0.25, -0.2) is 4.99 Å². The summed E-state index contributed by atoms with van der Waals surface area (Å²) in [5, 5.41) is 3.38. The number of carbonyl (C=O) groups is 1. The summed E-state index contributed by atoms with van der Waals surface area (Å²) in [5.41, 5.74) is 2.21. The lowest BCUT2D eigenvalue weighted by molar-refractivity contribution is -0.115. The Morgan fingerprint density at radius 1 is 1.08 bits per heavy atom. The van der Waals surface area contributed by atoms with Crippen LogP contribution in [0.2, 0.25) is 5.02 Å². The SMILES string of the molecule is COc1ccc(CCC2=N/C(=C/c3cc(Cl)ccc3OC)C(=O)N2)cc1. The molecular weight excluding hydrogens is 352 g/mol. The molecule has 2 aromatic carbocycles. The van der Waals surface area contributed by atoms with Gasteiger partial charge in [-0.05, 0) is 48.4 Å². The minimum absolute atomic E-state index is 0.225. The Kier molecular flexibility index (Phi) is 5.58. The molecule has 0 aromatic heterocycles. The maximum atomic E-state index is 12.2. The van der Waals surface area contributed by atoms with Crippen LogP contribution in [0.5, 0.6) is 11.5 Å². The Labute approximate surface area is 157 Å². The maximum Gasteiger partial charge on any atom is 0.275 e. The van der Waals surface area contributed by atoms with E-state index in [-0.39, 0.29) is 5.91 Å². The van der Waals surface area contributed by atoms with Gasteiger partial charge in [-0.15, -0.1) is 0 Å². The monoisotopic (exact) mass is 370 g/mol. The molecule has 0 bridgehead atoms. The summed E-state index contributed by atoms with van der Waals surface area (Å²) in [4.78, 5) is 16.6. The molecule has 0 fully saturated rings. The van der Waals surface area contributed by atoms with E-state index in [0.29, 0.717) is 34.3 Å². The quantitative estimate of drug-likeness (QED) is 0.785. The van der Waals surface area contributed by atoms with E-state index in [1.54, 1.807) is 38.5 Å². The molecule has 134 valence electrons. The average molecular weight is 371 g/mol. The van der Waals surface area contributed by atoms with Crippen molar-refractivity contribution in [1.82, 2.24) is 5.32 Å². The first-order valence-electron chi connectivity index (χ1n) is 8.16. The Morgan fingerprint density at radius 3 is 2.54 bits per heavy atom. The van der Waals surface area contributed by atoms with Crippen LogP contribution in [0.1, 0.15) is 17.5 Å². The van der Waals surface area contributed by atoms with Gasteiger partial charge in [-0.2, -0.15) is 0 Å². The molecule has 0 saturated carbocycles. The third-order valence-electron chi connectivity index (χ3n) is 4.04. The van der Waals surface area contributed by atoms with Gasteiger partial charge in [0, 0.05) is 17.0 Å². The molecule has 1 aliphatic heterocycles. The summed E-state index contributed by atoms with van der Waals surface area (Å²) in [6, 6.07) is 13.1. The normalized spacial score (nSPS) is 15.0. The highest BCUT2D eigenvalue weighted by Crippen LogP contribution is 2.26. The van der Waals surface area contributed by atoms with E-state index in [0.717, 1.165) is 17.7 Å². The number of nitrogens with zero attached hydrogens (tertiary/aromatic N) is 1. The Balaban J connectivity index is 1.73. The predicted molar refractivity (Wildman–Crippen MR) is 103 cm³/mol. The molecule has 0 saturated heterocycles. The molecule has 6 heteroatoms. The van der Waals surface area contributed by atoms with Crippen LogP contribution < -0.4 is 14.8 Å². The van der Waals surface area contributed by atoms with Gasteiger partial charge in [0.15, 0.2) is 0 Å². The third-order valence-corrected chi connectivity index (χ3v) is 4.27. The van der Waals surface area contributed by atoms with Crippen molar-refractivity contribution in [1.29, 1.82) is 0 Å². The highest BCUT2D eigenvalue weighted by molar-refractivity contribution is 6.30. The van der Waals surface area contributed by atoms with Crippen molar-refractivity contribution in [2.45, 2.75) is 12.8 Å².